The minimum absolute atomic E-state index is 0.0778. The van der Waals surface area contributed by atoms with Crippen molar-refractivity contribution in [3.05, 3.63) is 18.0 Å². The first-order chi connectivity index (χ1) is 9.43. The molecular formula is C17H29N3. The fourth-order valence-electron chi connectivity index (χ4n) is 4.15. The molecule has 20 heavy (non-hydrogen) atoms. The Kier molecular flexibility index (Phi) is 3.65. The molecule has 1 aromatic rings. The van der Waals surface area contributed by atoms with E-state index in [1.54, 1.807) is 0 Å². The van der Waals surface area contributed by atoms with E-state index in [1.807, 2.05) is 6.20 Å². The zero-order valence-electron chi connectivity index (χ0n) is 13.4. The van der Waals surface area contributed by atoms with Crippen molar-refractivity contribution in [3.8, 4) is 0 Å². The van der Waals surface area contributed by atoms with Crippen LogP contribution in [0.4, 0.5) is 0 Å². The standard InChI is InChI=1S/C17H29N3/c1-12(16-8-13-5-6-15(16)7-13)18-9-14-10-19-20(11-14)17(2,3)4/h10-13,15-16,18H,5-9H2,1-4H3. The Bertz CT molecular complexity index is 457. The van der Waals surface area contributed by atoms with Gasteiger partial charge in [0.15, 0.2) is 0 Å². The summed E-state index contributed by atoms with van der Waals surface area (Å²) in [5.74, 6) is 2.95. The summed E-state index contributed by atoms with van der Waals surface area (Å²) >= 11 is 0. The van der Waals surface area contributed by atoms with E-state index in [2.05, 4.69) is 49.0 Å². The van der Waals surface area contributed by atoms with Gasteiger partial charge >= 0.3 is 0 Å². The minimum atomic E-state index is 0.0778. The van der Waals surface area contributed by atoms with Crippen molar-refractivity contribution in [2.45, 2.75) is 71.5 Å². The Morgan fingerprint density at radius 3 is 2.70 bits per heavy atom. The average Bonchev–Trinajstić information content (AvgIpc) is 3.10. The van der Waals surface area contributed by atoms with E-state index in [0.717, 1.165) is 24.3 Å². The summed E-state index contributed by atoms with van der Waals surface area (Å²) in [6.45, 7) is 9.89. The van der Waals surface area contributed by atoms with Crippen molar-refractivity contribution in [1.29, 1.82) is 0 Å². The van der Waals surface area contributed by atoms with Gasteiger partial charge in [0.25, 0.3) is 0 Å². The highest BCUT2D eigenvalue weighted by atomic mass is 15.3. The molecule has 1 N–H and O–H groups in total. The predicted molar refractivity (Wildman–Crippen MR) is 82.5 cm³/mol. The second-order valence-corrected chi connectivity index (χ2v) is 7.97. The van der Waals surface area contributed by atoms with E-state index in [0.29, 0.717) is 6.04 Å². The highest BCUT2D eigenvalue weighted by Crippen LogP contribution is 2.49. The molecule has 112 valence electrons. The SMILES string of the molecule is CC(NCc1cnn(C(C)(C)C)c1)C1CC2CCC1C2. The second kappa shape index (κ2) is 5.18. The molecule has 4 atom stereocenters. The first-order valence-corrected chi connectivity index (χ1v) is 8.21. The van der Waals surface area contributed by atoms with Gasteiger partial charge in [0, 0.05) is 24.3 Å². The van der Waals surface area contributed by atoms with Crippen molar-refractivity contribution < 1.29 is 0 Å². The Labute approximate surface area is 123 Å². The van der Waals surface area contributed by atoms with E-state index >= 15 is 0 Å². The number of hydrogen-bond donors (Lipinski definition) is 1. The van der Waals surface area contributed by atoms with E-state index in [1.165, 1.54) is 31.2 Å². The second-order valence-electron chi connectivity index (χ2n) is 7.97. The number of nitrogens with zero attached hydrogens (tertiary/aromatic N) is 2. The summed E-state index contributed by atoms with van der Waals surface area (Å²) in [6, 6.07) is 0.642. The lowest BCUT2D eigenvalue weighted by Gasteiger charge is -2.28. The van der Waals surface area contributed by atoms with Crippen LogP contribution < -0.4 is 5.32 Å². The molecule has 0 aromatic carbocycles. The van der Waals surface area contributed by atoms with Gasteiger partial charge in [0.05, 0.1) is 11.7 Å². The van der Waals surface area contributed by atoms with Crippen LogP contribution in [0.15, 0.2) is 12.4 Å². The number of hydrogen-bond acceptors (Lipinski definition) is 2. The third-order valence-corrected chi connectivity index (χ3v) is 5.39. The molecule has 4 unspecified atom stereocenters. The lowest BCUT2D eigenvalue weighted by atomic mass is 9.84. The lowest BCUT2D eigenvalue weighted by molar-refractivity contribution is 0.259. The summed E-state index contributed by atoms with van der Waals surface area (Å²) < 4.78 is 2.06. The number of nitrogens with one attached hydrogen (secondary N) is 1. The molecule has 3 heteroatoms. The molecular weight excluding hydrogens is 246 g/mol. The first kappa shape index (κ1) is 14.1. The van der Waals surface area contributed by atoms with Gasteiger partial charge < -0.3 is 5.32 Å². The summed E-state index contributed by atoms with van der Waals surface area (Å²) in [6.07, 6.45) is 10.1. The largest absolute Gasteiger partial charge is 0.310 e. The van der Waals surface area contributed by atoms with Crippen LogP contribution >= 0.6 is 0 Å². The molecule has 1 aromatic heterocycles. The summed E-state index contributed by atoms with van der Waals surface area (Å²) in [4.78, 5) is 0. The zero-order valence-corrected chi connectivity index (χ0v) is 13.4. The fourth-order valence-corrected chi connectivity index (χ4v) is 4.15. The van der Waals surface area contributed by atoms with Crippen molar-refractivity contribution in [2.24, 2.45) is 17.8 Å². The van der Waals surface area contributed by atoms with Gasteiger partial charge in [0.2, 0.25) is 0 Å². The van der Waals surface area contributed by atoms with Crippen LogP contribution in [-0.2, 0) is 12.1 Å². The monoisotopic (exact) mass is 275 g/mol. The normalized spacial score (nSPS) is 30.9. The molecule has 0 spiro atoms. The molecule has 3 rings (SSSR count). The molecule has 0 aliphatic heterocycles. The minimum Gasteiger partial charge on any atom is -0.310 e. The van der Waals surface area contributed by atoms with Gasteiger partial charge in [-0.15, -0.1) is 0 Å². The summed E-state index contributed by atoms with van der Waals surface area (Å²) in [5, 5.41) is 8.21. The summed E-state index contributed by atoms with van der Waals surface area (Å²) in [5.41, 5.74) is 1.38. The molecule has 2 aliphatic carbocycles. The molecule has 2 fully saturated rings. The molecule has 0 amide bonds. The van der Waals surface area contributed by atoms with Crippen LogP contribution in [0.25, 0.3) is 0 Å². The third-order valence-electron chi connectivity index (χ3n) is 5.39. The van der Waals surface area contributed by atoms with Crippen LogP contribution in [0.2, 0.25) is 0 Å². The Morgan fingerprint density at radius 1 is 1.35 bits per heavy atom. The maximum absolute atomic E-state index is 4.48. The molecule has 0 radical (unpaired) electrons. The maximum Gasteiger partial charge on any atom is 0.0543 e. The Hall–Kier alpha value is -0.830. The van der Waals surface area contributed by atoms with E-state index in [-0.39, 0.29) is 5.54 Å². The van der Waals surface area contributed by atoms with Crippen molar-refractivity contribution in [2.75, 3.05) is 0 Å². The van der Waals surface area contributed by atoms with Gasteiger partial charge in [-0.1, -0.05) is 6.42 Å². The van der Waals surface area contributed by atoms with Crippen molar-refractivity contribution in [1.82, 2.24) is 15.1 Å². The number of rotatable bonds is 4. The van der Waals surface area contributed by atoms with E-state index in [4.69, 9.17) is 0 Å². The molecule has 2 bridgehead atoms. The molecule has 2 aliphatic rings. The maximum atomic E-state index is 4.48. The van der Waals surface area contributed by atoms with Gasteiger partial charge in [-0.3, -0.25) is 4.68 Å². The topological polar surface area (TPSA) is 29.9 Å². The van der Waals surface area contributed by atoms with Gasteiger partial charge in [-0.2, -0.15) is 5.10 Å². The van der Waals surface area contributed by atoms with Crippen molar-refractivity contribution >= 4 is 0 Å². The Morgan fingerprint density at radius 2 is 2.15 bits per heavy atom. The van der Waals surface area contributed by atoms with Gasteiger partial charge in [0.1, 0.15) is 0 Å². The lowest BCUT2D eigenvalue weighted by Crippen LogP contribution is -2.35. The summed E-state index contributed by atoms with van der Waals surface area (Å²) in [7, 11) is 0. The van der Waals surface area contributed by atoms with Crippen LogP contribution in [0.5, 0.6) is 0 Å². The fraction of sp³-hybridized carbons (Fsp3) is 0.824. The van der Waals surface area contributed by atoms with Crippen LogP contribution in [0.3, 0.4) is 0 Å². The first-order valence-electron chi connectivity index (χ1n) is 8.21. The molecule has 2 saturated carbocycles. The molecule has 1 heterocycles. The molecule has 0 saturated heterocycles. The van der Waals surface area contributed by atoms with Crippen LogP contribution in [-0.4, -0.2) is 15.8 Å². The number of fused-ring (bicyclic) bond motifs is 2. The predicted octanol–water partition coefficient (Wildman–Crippen LogP) is 3.55. The van der Waals surface area contributed by atoms with Gasteiger partial charge in [-0.25, -0.2) is 0 Å². The Balaban J connectivity index is 1.53. The zero-order chi connectivity index (χ0) is 14.3. The average molecular weight is 275 g/mol. The van der Waals surface area contributed by atoms with E-state index in [9.17, 15) is 0 Å². The highest BCUT2D eigenvalue weighted by molar-refractivity contribution is 5.05. The quantitative estimate of drug-likeness (QED) is 0.910. The van der Waals surface area contributed by atoms with E-state index < -0.39 is 0 Å². The number of aromatic nitrogens is 2. The van der Waals surface area contributed by atoms with Crippen LogP contribution in [0, 0.1) is 17.8 Å². The smallest absolute Gasteiger partial charge is 0.0543 e. The van der Waals surface area contributed by atoms with Gasteiger partial charge in [-0.05, 0) is 64.7 Å². The van der Waals surface area contributed by atoms with Crippen molar-refractivity contribution in [3.63, 3.8) is 0 Å². The third kappa shape index (κ3) is 2.78. The highest BCUT2D eigenvalue weighted by Gasteiger charge is 2.41. The van der Waals surface area contributed by atoms with Crippen LogP contribution in [0.1, 0.15) is 58.9 Å². The molecule has 3 nitrogen and oxygen atoms in total.